The van der Waals surface area contributed by atoms with Crippen LogP contribution in [0.4, 0.5) is 0 Å². The molecule has 0 fully saturated rings. The number of benzene rings is 1. The minimum Gasteiger partial charge on any atom is -0.497 e. The molecular formula is C19H22N2O2. The molecule has 1 aromatic carbocycles. The minimum atomic E-state index is -0.513. The number of imidazole rings is 1. The van der Waals surface area contributed by atoms with Crippen molar-refractivity contribution in [3.05, 3.63) is 65.1 Å². The number of hydrogen-bond acceptors (Lipinski definition) is 3. The van der Waals surface area contributed by atoms with Crippen LogP contribution in [0.2, 0.25) is 0 Å². The number of rotatable bonds is 5. The molecule has 0 aliphatic rings. The van der Waals surface area contributed by atoms with Crippen LogP contribution < -0.4 is 4.74 Å². The van der Waals surface area contributed by atoms with Crippen LogP contribution in [0, 0.1) is 6.92 Å². The highest BCUT2D eigenvalue weighted by Crippen LogP contribution is 2.25. The molecule has 0 spiro atoms. The van der Waals surface area contributed by atoms with Gasteiger partial charge in [0, 0.05) is 12.6 Å². The second-order valence-corrected chi connectivity index (χ2v) is 5.82. The van der Waals surface area contributed by atoms with Gasteiger partial charge in [-0.05, 0) is 48.7 Å². The molecule has 3 rings (SSSR count). The molecule has 23 heavy (non-hydrogen) atoms. The van der Waals surface area contributed by atoms with Gasteiger partial charge in [0.2, 0.25) is 0 Å². The minimum absolute atomic E-state index is 0.513. The first kappa shape index (κ1) is 15.6. The molecule has 2 heterocycles. The normalized spacial score (nSPS) is 12.5. The van der Waals surface area contributed by atoms with E-state index in [9.17, 15) is 5.11 Å². The van der Waals surface area contributed by atoms with Crippen LogP contribution >= 0.6 is 0 Å². The maximum atomic E-state index is 10.4. The largest absolute Gasteiger partial charge is 0.497 e. The summed E-state index contributed by atoms with van der Waals surface area (Å²) in [5.74, 6) is 0.841. The molecule has 1 atom stereocenters. The number of aromatic nitrogens is 2. The van der Waals surface area contributed by atoms with Gasteiger partial charge in [-0.2, -0.15) is 0 Å². The summed E-state index contributed by atoms with van der Waals surface area (Å²) < 4.78 is 7.20. The summed E-state index contributed by atoms with van der Waals surface area (Å²) in [4.78, 5) is 4.75. The molecule has 1 N–H and O–H groups in total. The van der Waals surface area contributed by atoms with Crippen molar-refractivity contribution in [2.45, 2.75) is 32.8 Å². The van der Waals surface area contributed by atoms with Crippen LogP contribution in [0.1, 0.15) is 42.0 Å². The number of aryl methyl sites for hydroxylation is 1. The number of pyridine rings is 1. The summed E-state index contributed by atoms with van der Waals surface area (Å²) in [6, 6.07) is 12.1. The van der Waals surface area contributed by atoms with Crippen molar-refractivity contribution in [2.75, 3.05) is 7.11 Å². The Bertz CT molecular complexity index is 806. The number of fused-ring (bicyclic) bond motifs is 1. The van der Waals surface area contributed by atoms with Gasteiger partial charge < -0.3 is 14.2 Å². The first-order valence-electron chi connectivity index (χ1n) is 7.91. The molecule has 0 saturated carbocycles. The van der Waals surface area contributed by atoms with E-state index in [1.165, 1.54) is 0 Å². The highest BCUT2D eigenvalue weighted by atomic mass is 16.5. The Labute approximate surface area is 136 Å². The molecule has 120 valence electrons. The van der Waals surface area contributed by atoms with Gasteiger partial charge in [0.1, 0.15) is 11.4 Å². The molecule has 3 aromatic rings. The van der Waals surface area contributed by atoms with Gasteiger partial charge >= 0.3 is 0 Å². The average Bonchev–Trinajstić information content (AvgIpc) is 2.91. The Hall–Kier alpha value is -2.33. The number of aliphatic hydroxyl groups excluding tert-OH is 1. The SMILES string of the molecule is CCC(O)c1c(Cc2ccc(OC)cc2)nc2cc(C)ccn12. The average molecular weight is 310 g/mol. The molecule has 0 bridgehead atoms. The van der Waals surface area contributed by atoms with Gasteiger partial charge in [-0.3, -0.25) is 0 Å². The van der Waals surface area contributed by atoms with Gasteiger partial charge in [-0.1, -0.05) is 19.1 Å². The number of hydrogen-bond donors (Lipinski definition) is 1. The highest BCUT2D eigenvalue weighted by Gasteiger charge is 2.18. The van der Waals surface area contributed by atoms with E-state index in [2.05, 4.69) is 0 Å². The highest BCUT2D eigenvalue weighted by molar-refractivity contribution is 5.47. The zero-order chi connectivity index (χ0) is 16.4. The third-order valence-electron chi connectivity index (χ3n) is 4.13. The fourth-order valence-electron chi connectivity index (χ4n) is 2.83. The zero-order valence-corrected chi connectivity index (χ0v) is 13.8. The maximum absolute atomic E-state index is 10.4. The van der Waals surface area contributed by atoms with Crippen molar-refractivity contribution in [2.24, 2.45) is 0 Å². The van der Waals surface area contributed by atoms with Crippen LogP contribution in [0.5, 0.6) is 5.75 Å². The summed E-state index contributed by atoms with van der Waals surface area (Å²) >= 11 is 0. The van der Waals surface area contributed by atoms with Crippen molar-refractivity contribution < 1.29 is 9.84 Å². The molecule has 4 heteroatoms. The lowest BCUT2D eigenvalue weighted by Crippen LogP contribution is -2.04. The van der Waals surface area contributed by atoms with Crippen molar-refractivity contribution in [1.29, 1.82) is 0 Å². The molecule has 4 nitrogen and oxygen atoms in total. The van der Waals surface area contributed by atoms with Gasteiger partial charge in [-0.25, -0.2) is 4.98 Å². The van der Waals surface area contributed by atoms with Crippen LogP contribution in [0.25, 0.3) is 5.65 Å². The van der Waals surface area contributed by atoms with Gasteiger partial charge in [-0.15, -0.1) is 0 Å². The smallest absolute Gasteiger partial charge is 0.137 e. The Kier molecular flexibility index (Phi) is 4.35. The molecule has 0 aliphatic carbocycles. The quantitative estimate of drug-likeness (QED) is 0.782. The second-order valence-electron chi connectivity index (χ2n) is 5.82. The van der Waals surface area contributed by atoms with E-state index in [1.807, 2.05) is 60.8 Å². The first-order chi connectivity index (χ1) is 11.1. The molecule has 0 aliphatic heterocycles. The van der Waals surface area contributed by atoms with E-state index < -0.39 is 6.10 Å². The molecule has 0 amide bonds. The molecule has 2 aromatic heterocycles. The zero-order valence-electron chi connectivity index (χ0n) is 13.8. The van der Waals surface area contributed by atoms with E-state index in [-0.39, 0.29) is 0 Å². The second kappa shape index (κ2) is 6.42. The number of ether oxygens (including phenoxy) is 1. The molecule has 1 unspecified atom stereocenters. The lowest BCUT2D eigenvalue weighted by molar-refractivity contribution is 0.167. The van der Waals surface area contributed by atoms with Crippen LogP contribution in [0.15, 0.2) is 42.6 Å². The van der Waals surface area contributed by atoms with E-state index in [0.29, 0.717) is 12.8 Å². The van der Waals surface area contributed by atoms with Crippen LogP contribution in [-0.4, -0.2) is 21.6 Å². The summed E-state index contributed by atoms with van der Waals surface area (Å²) in [6.07, 6.45) is 2.83. The number of aliphatic hydroxyl groups is 1. The van der Waals surface area contributed by atoms with E-state index in [4.69, 9.17) is 9.72 Å². The van der Waals surface area contributed by atoms with Crippen molar-refractivity contribution in [3.63, 3.8) is 0 Å². The third-order valence-corrected chi connectivity index (χ3v) is 4.13. The standard InChI is InChI=1S/C19H22N2O2/c1-4-17(22)19-16(12-14-5-7-15(23-3)8-6-14)20-18-11-13(2)9-10-21(18)19/h5-11,17,22H,4,12H2,1-3H3. The fourth-order valence-corrected chi connectivity index (χ4v) is 2.83. The molecule has 0 radical (unpaired) electrons. The Morgan fingerprint density at radius 3 is 2.61 bits per heavy atom. The third kappa shape index (κ3) is 3.08. The van der Waals surface area contributed by atoms with E-state index in [1.54, 1.807) is 7.11 Å². The summed E-state index contributed by atoms with van der Waals surface area (Å²) in [7, 11) is 1.66. The van der Waals surface area contributed by atoms with Crippen molar-refractivity contribution >= 4 is 5.65 Å². The Morgan fingerprint density at radius 2 is 1.96 bits per heavy atom. The lowest BCUT2D eigenvalue weighted by Gasteiger charge is -2.11. The van der Waals surface area contributed by atoms with Crippen LogP contribution in [0.3, 0.4) is 0 Å². The summed E-state index contributed by atoms with van der Waals surface area (Å²) in [6.45, 7) is 4.03. The Balaban J connectivity index is 2.04. The predicted molar refractivity (Wildman–Crippen MR) is 91.0 cm³/mol. The number of nitrogens with zero attached hydrogens (tertiary/aromatic N) is 2. The van der Waals surface area contributed by atoms with Crippen LogP contribution in [-0.2, 0) is 6.42 Å². The monoisotopic (exact) mass is 310 g/mol. The Morgan fingerprint density at radius 1 is 1.22 bits per heavy atom. The maximum Gasteiger partial charge on any atom is 0.137 e. The lowest BCUT2D eigenvalue weighted by atomic mass is 10.1. The summed E-state index contributed by atoms with van der Waals surface area (Å²) in [5.41, 5.74) is 5.01. The molecular weight excluding hydrogens is 288 g/mol. The van der Waals surface area contributed by atoms with Gasteiger partial charge in [0.15, 0.2) is 0 Å². The van der Waals surface area contributed by atoms with Crippen molar-refractivity contribution in [3.8, 4) is 5.75 Å². The van der Waals surface area contributed by atoms with E-state index in [0.717, 1.165) is 33.9 Å². The molecule has 0 saturated heterocycles. The number of methoxy groups -OCH3 is 1. The van der Waals surface area contributed by atoms with Gasteiger partial charge in [0.05, 0.1) is 24.6 Å². The summed E-state index contributed by atoms with van der Waals surface area (Å²) in [5, 5.41) is 10.4. The topological polar surface area (TPSA) is 46.8 Å². The van der Waals surface area contributed by atoms with E-state index >= 15 is 0 Å². The van der Waals surface area contributed by atoms with Crippen molar-refractivity contribution in [1.82, 2.24) is 9.38 Å². The van der Waals surface area contributed by atoms with Gasteiger partial charge in [0.25, 0.3) is 0 Å². The first-order valence-corrected chi connectivity index (χ1v) is 7.91. The predicted octanol–water partition coefficient (Wildman–Crippen LogP) is 3.69. The fraction of sp³-hybridized carbons (Fsp3) is 0.316.